The highest BCUT2D eigenvalue weighted by Gasteiger charge is 2.28. The summed E-state index contributed by atoms with van der Waals surface area (Å²) in [6.07, 6.45) is 1.47. The zero-order chi connectivity index (χ0) is 24.0. The summed E-state index contributed by atoms with van der Waals surface area (Å²) in [5.74, 6) is 0.861. The molecule has 1 heterocycles. The number of hydrogen-bond acceptors (Lipinski definition) is 4. The van der Waals surface area contributed by atoms with Gasteiger partial charge in [-0.25, -0.2) is 0 Å². The Bertz CT molecular complexity index is 978. The highest BCUT2D eigenvalue weighted by molar-refractivity contribution is 5.98. The van der Waals surface area contributed by atoms with Gasteiger partial charge in [0.25, 0.3) is 5.91 Å². The molecule has 178 valence electrons. The fourth-order valence-electron chi connectivity index (χ4n) is 3.89. The Kier molecular flexibility index (Phi) is 8.14. The number of amides is 2. The number of carbonyl (C=O) groups is 2. The van der Waals surface area contributed by atoms with E-state index < -0.39 is 5.41 Å². The van der Waals surface area contributed by atoms with Gasteiger partial charge in [-0.05, 0) is 69.1 Å². The summed E-state index contributed by atoms with van der Waals surface area (Å²) in [6.45, 7) is 11.7. The molecule has 0 atom stereocenters. The van der Waals surface area contributed by atoms with Crippen molar-refractivity contribution in [1.82, 2.24) is 9.80 Å². The van der Waals surface area contributed by atoms with Crippen LogP contribution in [0.2, 0.25) is 0 Å². The molecule has 1 fully saturated rings. The van der Waals surface area contributed by atoms with Crippen LogP contribution in [0.4, 0.5) is 5.69 Å². The molecule has 1 aliphatic rings. The van der Waals surface area contributed by atoms with Crippen molar-refractivity contribution in [3.05, 3.63) is 59.2 Å². The van der Waals surface area contributed by atoms with Crippen LogP contribution >= 0.6 is 0 Å². The molecule has 0 unspecified atom stereocenters. The lowest BCUT2D eigenvalue weighted by Gasteiger charge is -2.32. The number of ether oxygens (including phenoxy) is 1. The monoisotopic (exact) mass is 451 g/mol. The number of benzene rings is 2. The summed E-state index contributed by atoms with van der Waals surface area (Å²) in [5.41, 5.74) is 2.99. The third-order valence-corrected chi connectivity index (χ3v) is 6.32. The average molecular weight is 452 g/mol. The van der Waals surface area contributed by atoms with Gasteiger partial charge in [0.1, 0.15) is 5.75 Å². The van der Waals surface area contributed by atoms with Crippen molar-refractivity contribution in [2.75, 3.05) is 45.2 Å². The van der Waals surface area contributed by atoms with Crippen molar-refractivity contribution in [2.45, 2.75) is 40.5 Å². The quantitative estimate of drug-likeness (QED) is 0.600. The SMILES string of the molecule is Cc1ccc(C)c(OCCCC(C)(C)C(=O)Nc2cccc(C(=O)N3CCN(C)CC3)c2)c1. The molecule has 0 saturated carbocycles. The summed E-state index contributed by atoms with van der Waals surface area (Å²) in [7, 11) is 2.06. The standard InChI is InChI=1S/C27H37N3O3/c1-20-10-11-21(2)24(18-20)33-17-7-12-27(3,4)26(32)28-23-9-6-8-22(19-23)25(31)30-15-13-29(5)14-16-30/h6,8-11,18-19H,7,12-17H2,1-5H3,(H,28,32). The van der Waals surface area contributed by atoms with Crippen molar-refractivity contribution in [1.29, 1.82) is 0 Å². The molecule has 1 N–H and O–H groups in total. The predicted molar refractivity (Wildman–Crippen MR) is 133 cm³/mol. The van der Waals surface area contributed by atoms with Crippen molar-refractivity contribution in [2.24, 2.45) is 5.41 Å². The average Bonchev–Trinajstić information content (AvgIpc) is 2.79. The summed E-state index contributed by atoms with van der Waals surface area (Å²) in [4.78, 5) is 29.9. The Labute approximate surface area is 197 Å². The molecule has 1 saturated heterocycles. The number of carbonyl (C=O) groups excluding carboxylic acids is 2. The van der Waals surface area contributed by atoms with E-state index in [0.717, 1.165) is 43.9 Å². The second-order valence-corrected chi connectivity index (χ2v) is 9.74. The summed E-state index contributed by atoms with van der Waals surface area (Å²) < 4.78 is 5.94. The number of hydrogen-bond donors (Lipinski definition) is 1. The van der Waals surface area contributed by atoms with Crippen LogP contribution in [0.3, 0.4) is 0 Å². The minimum absolute atomic E-state index is 0.0158. The molecule has 3 rings (SSSR count). The second-order valence-electron chi connectivity index (χ2n) is 9.74. The Morgan fingerprint density at radius 3 is 2.48 bits per heavy atom. The van der Waals surface area contributed by atoms with Gasteiger partial charge in [-0.15, -0.1) is 0 Å². The van der Waals surface area contributed by atoms with E-state index in [9.17, 15) is 9.59 Å². The molecular formula is C27H37N3O3. The molecule has 0 radical (unpaired) electrons. The Balaban J connectivity index is 1.52. The molecule has 2 aromatic carbocycles. The van der Waals surface area contributed by atoms with E-state index in [4.69, 9.17) is 4.74 Å². The number of likely N-dealkylation sites (N-methyl/N-ethyl adjacent to an activating group) is 1. The minimum Gasteiger partial charge on any atom is -0.493 e. The van der Waals surface area contributed by atoms with Crippen LogP contribution in [-0.4, -0.2) is 61.4 Å². The lowest BCUT2D eigenvalue weighted by Crippen LogP contribution is -2.47. The largest absolute Gasteiger partial charge is 0.493 e. The van der Waals surface area contributed by atoms with Crippen molar-refractivity contribution in [3.63, 3.8) is 0 Å². The van der Waals surface area contributed by atoms with Crippen LogP contribution in [0, 0.1) is 19.3 Å². The normalized spacial score (nSPS) is 14.8. The fourth-order valence-corrected chi connectivity index (χ4v) is 3.89. The van der Waals surface area contributed by atoms with E-state index in [2.05, 4.69) is 29.4 Å². The highest BCUT2D eigenvalue weighted by atomic mass is 16.5. The molecule has 2 amide bonds. The van der Waals surface area contributed by atoms with Crippen LogP contribution in [0.25, 0.3) is 0 Å². The first-order valence-electron chi connectivity index (χ1n) is 11.7. The van der Waals surface area contributed by atoms with Crippen molar-refractivity contribution < 1.29 is 14.3 Å². The van der Waals surface area contributed by atoms with Gasteiger partial charge in [-0.2, -0.15) is 0 Å². The van der Waals surface area contributed by atoms with Crippen molar-refractivity contribution in [3.8, 4) is 5.75 Å². The van der Waals surface area contributed by atoms with Crippen LogP contribution in [-0.2, 0) is 4.79 Å². The Morgan fingerprint density at radius 2 is 1.76 bits per heavy atom. The molecule has 0 bridgehead atoms. The molecule has 33 heavy (non-hydrogen) atoms. The highest BCUT2D eigenvalue weighted by Crippen LogP contribution is 2.26. The minimum atomic E-state index is -0.553. The number of piperazine rings is 1. The smallest absolute Gasteiger partial charge is 0.254 e. The lowest BCUT2D eigenvalue weighted by molar-refractivity contribution is -0.124. The summed E-state index contributed by atoms with van der Waals surface area (Å²) in [6, 6.07) is 13.4. The van der Waals surface area contributed by atoms with Gasteiger partial charge in [0, 0.05) is 42.8 Å². The summed E-state index contributed by atoms with van der Waals surface area (Å²) >= 11 is 0. The third kappa shape index (κ3) is 6.81. The maximum Gasteiger partial charge on any atom is 0.254 e. The molecular weight excluding hydrogens is 414 g/mol. The summed E-state index contributed by atoms with van der Waals surface area (Å²) in [5, 5.41) is 3.00. The van der Waals surface area contributed by atoms with Gasteiger partial charge in [0.15, 0.2) is 0 Å². The van der Waals surface area contributed by atoms with Crippen LogP contribution in [0.5, 0.6) is 5.75 Å². The first kappa shape index (κ1) is 24.8. The molecule has 6 heteroatoms. The maximum absolute atomic E-state index is 13.0. The van der Waals surface area contributed by atoms with Crippen molar-refractivity contribution >= 4 is 17.5 Å². The van der Waals surface area contributed by atoms with Gasteiger partial charge < -0.3 is 19.9 Å². The third-order valence-electron chi connectivity index (χ3n) is 6.32. The zero-order valence-corrected chi connectivity index (χ0v) is 20.6. The van der Waals surface area contributed by atoms with E-state index in [0.29, 0.717) is 24.3 Å². The van der Waals surface area contributed by atoms with E-state index in [-0.39, 0.29) is 11.8 Å². The molecule has 2 aromatic rings. The fraction of sp³-hybridized carbons (Fsp3) is 0.481. The number of aryl methyl sites for hydroxylation is 2. The molecule has 0 aliphatic carbocycles. The Morgan fingerprint density at radius 1 is 1.03 bits per heavy atom. The van der Waals surface area contributed by atoms with Crippen LogP contribution in [0.15, 0.2) is 42.5 Å². The molecule has 0 spiro atoms. The lowest BCUT2D eigenvalue weighted by atomic mass is 9.87. The molecule has 6 nitrogen and oxygen atoms in total. The second kappa shape index (κ2) is 10.8. The zero-order valence-electron chi connectivity index (χ0n) is 20.6. The van der Waals surface area contributed by atoms with Crippen LogP contribution in [0.1, 0.15) is 48.2 Å². The first-order valence-corrected chi connectivity index (χ1v) is 11.7. The van der Waals surface area contributed by atoms with Crippen LogP contribution < -0.4 is 10.1 Å². The molecule has 0 aromatic heterocycles. The van der Waals surface area contributed by atoms with Gasteiger partial charge in [-0.3, -0.25) is 9.59 Å². The van der Waals surface area contributed by atoms with Gasteiger partial charge in [-0.1, -0.05) is 32.0 Å². The first-order chi connectivity index (χ1) is 15.7. The van der Waals surface area contributed by atoms with E-state index in [1.807, 2.05) is 56.9 Å². The number of rotatable bonds is 8. The van der Waals surface area contributed by atoms with E-state index in [1.54, 1.807) is 6.07 Å². The molecule has 1 aliphatic heterocycles. The Hall–Kier alpha value is -2.86. The van der Waals surface area contributed by atoms with Gasteiger partial charge in [0.2, 0.25) is 5.91 Å². The predicted octanol–water partition coefficient (Wildman–Crippen LogP) is 4.51. The van der Waals surface area contributed by atoms with Gasteiger partial charge in [0.05, 0.1) is 6.61 Å². The number of anilines is 1. The van der Waals surface area contributed by atoms with E-state index in [1.165, 1.54) is 5.56 Å². The van der Waals surface area contributed by atoms with Gasteiger partial charge >= 0.3 is 0 Å². The number of nitrogens with zero attached hydrogens (tertiary/aromatic N) is 2. The topological polar surface area (TPSA) is 61.9 Å². The maximum atomic E-state index is 13.0. The van der Waals surface area contributed by atoms with E-state index >= 15 is 0 Å². The number of nitrogens with one attached hydrogen (secondary N) is 1.